The van der Waals surface area contributed by atoms with Gasteiger partial charge < -0.3 is 20.5 Å². The Morgan fingerprint density at radius 3 is 2.20 bits per heavy atom. The van der Waals surface area contributed by atoms with Crippen LogP contribution in [0.15, 0.2) is 30.3 Å². The standard InChI is InChI=1S/C24H32N2O4/c1-15-11-18(24(3,4)5)12-16(2)19(15)9-10-26-23(28)17-7-8-20(21(13-17)29-6)30-14-22(25)27/h7-8,11-13H,9-10,14H2,1-6H3,(H2,25,27)(H,26,28). The monoisotopic (exact) mass is 412 g/mol. The molecule has 0 aliphatic rings. The van der Waals surface area contributed by atoms with Crippen molar-refractivity contribution in [3.05, 3.63) is 58.1 Å². The molecule has 2 rings (SSSR count). The van der Waals surface area contributed by atoms with E-state index in [0.29, 0.717) is 23.6 Å². The highest BCUT2D eigenvalue weighted by Gasteiger charge is 2.17. The van der Waals surface area contributed by atoms with E-state index in [1.54, 1.807) is 18.2 Å². The third kappa shape index (κ3) is 5.99. The van der Waals surface area contributed by atoms with Crippen LogP contribution in [0.1, 0.15) is 53.4 Å². The highest BCUT2D eigenvalue weighted by atomic mass is 16.5. The number of nitrogens with two attached hydrogens (primary N) is 1. The molecule has 6 nitrogen and oxygen atoms in total. The highest BCUT2D eigenvalue weighted by Crippen LogP contribution is 2.28. The number of nitrogens with one attached hydrogen (secondary N) is 1. The van der Waals surface area contributed by atoms with Crippen LogP contribution in [0.25, 0.3) is 0 Å². The third-order valence-electron chi connectivity index (χ3n) is 5.02. The molecule has 0 radical (unpaired) electrons. The number of ether oxygens (including phenoxy) is 2. The van der Waals surface area contributed by atoms with Gasteiger partial charge in [-0.05, 0) is 66.1 Å². The summed E-state index contributed by atoms with van der Waals surface area (Å²) < 4.78 is 10.5. The average Bonchev–Trinajstić information content (AvgIpc) is 2.67. The van der Waals surface area contributed by atoms with Gasteiger partial charge in [-0.25, -0.2) is 0 Å². The van der Waals surface area contributed by atoms with E-state index in [1.165, 1.54) is 29.4 Å². The lowest BCUT2D eigenvalue weighted by Crippen LogP contribution is -2.26. The van der Waals surface area contributed by atoms with Crippen molar-refractivity contribution in [2.45, 2.75) is 46.5 Å². The Bertz CT molecular complexity index is 906. The first kappa shape index (κ1) is 23.3. The van der Waals surface area contributed by atoms with Gasteiger partial charge in [0, 0.05) is 12.1 Å². The summed E-state index contributed by atoms with van der Waals surface area (Å²) in [4.78, 5) is 23.4. The molecule has 0 unspecified atom stereocenters. The van der Waals surface area contributed by atoms with Crippen LogP contribution >= 0.6 is 0 Å². The van der Waals surface area contributed by atoms with Crippen molar-refractivity contribution in [1.29, 1.82) is 0 Å². The number of carbonyl (C=O) groups excluding carboxylic acids is 2. The molecule has 0 aliphatic carbocycles. The second kappa shape index (κ2) is 9.65. The van der Waals surface area contributed by atoms with Crippen molar-refractivity contribution < 1.29 is 19.1 Å². The van der Waals surface area contributed by atoms with Crippen molar-refractivity contribution in [3.8, 4) is 11.5 Å². The van der Waals surface area contributed by atoms with Crippen molar-refractivity contribution in [1.82, 2.24) is 5.32 Å². The molecule has 0 aromatic heterocycles. The van der Waals surface area contributed by atoms with E-state index in [9.17, 15) is 9.59 Å². The largest absolute Gasteiger partial charge is 0.493 e. The summed E-state index contributed by atoms with van der Waals surface area (Å²) in [6, 6.07) is 9.28. The summed E-state index contributed by atoms with van der Waals surface area (Å²) in [5, 5.41) is 2.96. The summed E-state index contributed by atoms with van der Waals surface area (Å²) >= 11 is 0. The number of carbonyl (C=O) groups is 2. The molecule has 0 aliphatic heterocycles. The van der Waals surface area contributed by atoms with E-state index in [2.05, 4.69) is 52.1 Å². The lowest BCUT2D eigenvalue weighted by molar-refractivity contribution is -0.119. The first-order valence-corrected chi connectivity index (χ1v) is 10.0. The number of rotatable bonds is 8. The number of methoxy groups -OCH3 is 1. The van der Waals surface area contributed by atoms with Gasteiger partial charge in [0.2, 0.25) is 0 Å². The van der Waals surface area contributed by atoms with E-state index >= 15 is 0 Å². The van der Waals surface area contributed by atoms with Gasteiger partial charge in [0.25, 0.3) is 11.8 Å². The normalized spacial score (nSPS) is 11.1. The molecule has 30 heavy (non-hydrogen) atoms. The van der Waals surface area contributed by atoms with E-state index in [1.807, 2.05) is 0 Å². The molecule has 0 atom stereocenters. The van der Waals surface area contributed by atoms with Gasteiger partial charge in [0.1, 0.15) is 0 Å². The Labute approximate surface area is 178 Å². The van der Waals surface area contributed by atoms with Crippen LogP contribution in [0.4, 0.5) is 0 Å². The van der Waals surface area contributed by atoms with Gasteiger partial charge in [-0.15, -0.1) is 0 Å². The van der Waals surface area contributed by atoms with Crippen LogP contribution in [0.5, 0.6) is 11.5 Å². The summed E-state index contributed by atoms with van der Waals surface area (Å²) in [6.45, 7) is 11.1. The van der Waals surface area contributed by atoms with E-state index in [0.717, 1.165) is 6.42 Å². The maximum absolute atomic E-state index is 12.6. The molecule has 0 heterocycles. The summed E-state index contributed by atoms with van der Waals surface area (Å²) in [5.41, 5.74) is 10.7. The minimum atomic E-state index is -0.583. The molecule has 0 saturated heterocycles. The van der Waals surface area contributed by atoms with Crippen molar-refractivity contribution in [2.24, 2.45) is 5.73 Å². The Morgan fingerprint density at radius 1 is 1.03 bits per heavy atom. The summed E-state index contributed by atoms with van der Waals surface area (Å²) in [6.07, 6.45) is 0.755. The number of hydrogen-bond acceptors (Lipinski definition) is 4. The van der Waals surface area contributed by atoms with Gasteiger partial charge in [0.15, 0.2) is 18.1 Å². The molecule has 0 spiro atoms. The van der Waals surface area contributed by atoms with Crippen LogP contribution in [0.3, 0.4) is 0 Å². The predicted octanol–water partition coefficient (Wildman–Crippen LogP) is 3.45. The molecule has 3 N–H and O–H groups in total. The molecule has 2 amide bonds. The van der Waals surface area contributed by atoms with Gasteiger partial charge in [-0.3, -0.25) is 9.59 Å². The van der Waals surface area contributed by atoms with Crippen LogP contribution < -0.4 is 20.5 Å². The Kier molecular flexibility index (Phi) is 7.48. The van der Waals surface area contributed by atoms with Crippen molar-refractivity contribution >= 4 is 11.8 Å². The fraction of sp³-hybridized carbons (Fsp3) is 0.417. The number of aryl methyl sites for hydroxylation is 2. The molecule has 2 aromatic rings. The smallest absolute Gasteiger partial charge is 0.255 e. The fourth-order valence-electron chi connectivity index (χ4n) is 3.30. The van der Waals surface area contributed by atoms with Crippen LogP contribution in [-0.2, 0) is 16.6 Å². The molecule has 2 aromatic carbocycles. The number of benzene rings is 2. The quantitative estimate of drug-likeness (QED) is 0.695. The number of hydrogen-bond donors (Lipinski definition) is 2. The predicted molar refractivity (Wildman–Crippen MR) is 118 cm³/mol. The maximum atomic E-state index is 12.6. The van der Waals surface area contributed by atoms with E-state index in [4.69, 9.17) is 15.2 Å². The zero-order valence-electron chi connectivity index (χ0n) is 18.7. The fourth-order valence-corrected chi connectivity index (χ4v) is 3.30. The zero-order valence-corrected chi connectivity index (χ0v) is 18.7. The lowest BCUT2D eigenvalue weighted by Gasteiger charge is -2.22. The van der Waals surface area contributed by atoms with Gasteiger partial charge in [0.05, 0.1) is 7.11 Å². The number of amides is 2. The minimum Gasteiger partial charge on any atom is -0.493 e. The SMILES string of the molecule is COc1cc(C(=O)NCCc2c(C)cc(C(C)(C)C)cc2C)ccc1OCC(N)=O. The number of primary amides is 1. The molecular weight excluding hydrogens is 380 g/mol. The van der Waals surface area contributed by atoms with E-state index in [-0.39, 0.29) is 17.9 Å². The summed E-state index contributed by atoms with van der Waals surface area (Å²) in [5.74, 6) is -0.0530. The second-order valence-corrected chi connectivity index (χ2v) is 8.47. The van der Waals surface area contributed by atoms with Gasteiger partial charge in [-0.2, -0.15) is 0 Å². The second-order valence-electron chi connectivity index (χ2n) is 8.47. The first-order chi connectivity index (χ1) is 14.0. The van der Waals surface area contributed by atoms with E-state index < -0.39 is 5.91 Å². The molecule has 0 bridgehead atoms. The van der Waals surface area contributed by atoms with Crippen LogP contribution in [-0.4, -0.2) is 32.1 Å². The minimum absolute atomic E-state index is 0.106. The van der Waals surface area contributed by atoms with Gasteiger partial charge >= 0.3 is 0 Å². The molecule has 0 fully saturated rings. The highest BCUT2D eigenvalue weighted by molar-refractivity contribution is 5.94. The van der Waals surface area contributed by atoms with Crippen molar-refractivity contribution in [3.63, 3.8) is 0 Å². The maximum Gasteiger partial charge on any atom is 0.255 e. The Hall–Kier alpha value is -3.02. The van der Waals surface area contributed by atoms with Crippen molar-refractivity contribution in [2.75, 3.05) is 20.3 Å². The lowest BCUT2D eigenvalue weighted by atomic mass is 9.83. The van der Waals surface area contributed by atoms with Gasteiger partial charge in [-0.1, -0.05) is 32.9 Å². The molecule has 6 heteroatoms. The van der Waals surface area contributed by atoms with Crippen LogP contribution in [0, 0.1) is 13.8 Å². The Morgan fingerprint density at radius 2 is 1.67 bits per heavy atom. The average molecular weight is 413 g/mol. The zero-order chi connectivity index (χ0) is 22.5. The summed E-state index contributed by atoms with van der Waals surface area (Å²) in [7, 11) is 1.47. The molecule has 162 valence electrons. The molecular formula is C24H32N2O4. The van der Waals surface area contributed by atoms with Crippen LogP contribution in [0.2, 0.25) is 0 Å². The topological polar surface area (TPSA) is 90.7 Å². The third-order valence-corrected chi connectivity index (χ3v) is 5.02. The molecule has 0 saturated carbocycles. The first-order valence-electron chi connectivity index (χ1n) is 10.0. The Balaban J connectivity index is 2.03.